The van der Waals surface area contributed by atoms with Gasteiger partial charge in [0.25, 0.3) is 0 Å². The SMILES string of the molecule is O=C(O)C1CCC(NS(=O)(=O)c2ccc3c(c2)CCCC3)CC1. The van der Waals surface area contributed by atoms with Crippen molar-refractivity contribution in [2.24, 2.45) is 5.92 Å². The Kier molecular flexibility index (Phi) is 4.73. The van der Waals surface area contributed by atoms with E-state index in [2.05, 4.69) is 4.72 Å². The van der Waals surface area contributed by atoms with Crippen LogP contribution in [0.4, 0.5) is 0 Å². The van der Waals surface area contributed by atoms with Crippen molar-refractivity contribution in [3.8, 4) is 0 Å². The number of rotatable bonds is 4. The summed E-state index contributed by atoms with van der Waals surface area (Å²) < 4.78 is 27.9. The minimum absolute atomic E-state index is 0.161. The maximum Gasteiger partial charge on any atom is 0.306 e. The Morgan fingerprint density at radius 2 is 1.70 bits per heavy atom. The van der Waals surface area contributed by atoms with Crippen LogP contribution in [0.25, 0.3) is 0 Å². The van der Waals surface area contributed by atoms with Crippen molar-refractivity contribution in [2.45, 2.75) is 62.3 Å². The molecule has 0 saturated heterocycles. The Labute approximate surface area is 137 Å². The monoisotopic (exact) mass is 337 g/mol. The molecule has 1 saturated carbocycles. The van der Waals surface area contributed by atoms with Crippen molar-refractivity contribution in [1.29, 1.82) is 0 Å². The van der Waals surface area contributed by atoms with Gasteiger partial charge in [-0.25, -0.2) is 13.1 Å². The highest BCUT2D eigenvalue weighted by Crippen LogP contribution is 2.27. The highest BCUT2D eigenvalue weighted by molar-refractivity contribution is 7.89. The van der Waals surface area contributed by atoms with Gasteiger partial charge >= 0.3 is 5.97 Å². The zero-order chi connectivity index (χ0) is 16.4. The summed E-state index contributed by atoms with van der Waals surface area (Å²) >= 11 is 0. The molecule has 3 rings (SSSR count). The van der Waals surface area contributed by atoms with Crippen LogP contribution >= 0.6 is 0 Å². The van der Waals surface area contributed by atoms with Crippen molar-refractivity contribution in [1.82, 2.24) is 4.72 Å². The first-order chi connectivity index (χ1) is 11.0. The minimum Gasteiger partial charge on any atom is -0.481 e. The summed E-state index contributed by atoms with van der Waals surface area (Å²) in [5.41, 5.74) is 2.41. The van der Waals surface area contributed by atoms with Gasteiger partial charge in [-0.05, 0) is 74.6 Å². The van der Waals surface area contributed by atoms with Gasteiger partial charge in [-0.1, -0.05) is 6.07 Å². The summed E-state index contributed by atoms with van der Waals surface area (Å²) in [7, 11) is -3.53. The van der Waals surface area contributed by atoms with E-state index in [9.17, 15) is 13.2 Å². The van der Waals surface area contributed by atoms with Crippen LogP contribution in [0.15, 0.2) is 23.1 Å². The lowest BCUT2D eigenvalue weighted by molar-refractivity contribution is -0.142. The maximum absolute atomic E-state index is 12.6. The smallest absolute Gasteiger partial charge is 0.306 e. The van der Waals surface area contributed by atoms with Crippen molar-refractivity contribution in [3.05, 3.63) is 29.3 Å². The molecule has 0 spiro atoms. The summed E-state index contributed by atoms with van der Waals surface area (Å²) in [6.07, 6.45) is 6.50. The van der Waals surface area contributed by atoms with Gasteiger partial charge < -0.3 is 5.11 Å². The van der Waals surface area contributed by atoms with E-state index in [1.54, 1.807) is 12.1 Å². The van der Waals surface area contributed by atoms with Crippen LogP contribution in [-0.4, -0.2) is 25.5 Å². The molecule has 0 radical (unpaired) electrons. The summed E-state index contributed by atoms with van der Waals surface area (Å²) in [5.74, 6) is -1.11. The molecule has 5 nitrogen and oxygen atoms in total. The van der Waals surface area contributed by atoms with E-state index in [4.69, 9.17) is 5.11 Å². The molecule has 1 aromatic rings. The standard InChI is InChI=1S/C17H23NO4S/c19-17(20)13-5-8-15(9-6-13)18-23(21,22)16-10-7-12-3-1-2-4-14(12)11-16/h7,10-11,13,15,18H,1-6,8-9H2,(H,19,20). The summed E-state index contributed by atoms with van der Waals surface area (Å²) in [4.78, 5) is 11.3. The Morgan fingerprint density at radius 1 is 1.04 bits per heavy atom. The lowest BCUT2D eigenvalue weighted by atomic mass is 9.87. The first kappa shape index (κ1) is 16.5. The van der Waals surface area contributed by atoms with Crippen molar-refractivity contribution in [2.75, 3.05) is 0 Å². The molecule has 0 aliphatic heterocycles. The highest BCUT2D eigenvalue weighted by Gasteiger charge is 2.29. The third kappa shape index (κ3) is 3.75. The fourth-order valence-corrected chi connectivity index (χ4v) is 4.98. The van der Waals surface area contributed by atoms with Gasteiger partial charge in [0.1, 0.15) is 0 Å². The van der Waals surface area contributed by atoms with Gasteiger partial charge in [-0.2, -0.15) is 0 Å². The molecule has 6 heteroatoms. The molecule has 0 unspecified atom stereocenters. The lowest BCUT2D eigenvalue weighted by Gasteiger charge is -2.26. The molecular formula is C17H23NO4S. The molecule has 0 aromatic heterocycles. The molecule has 0 amide bonds. The molecule has 126 valence electrons. The van der Waals surface area contributed by atoms with Gasteiger partial charge in [0.05, 0.1) is 10.8 Å². The van der Waals surface area contributed by atoms with E-state index in [1.807, 2.05) is 6.07 Å². The molecule has 2 aliphatic carbocycles. The highest BCUT2D eigenvalue weighted by atomic mass is 32.2. The molecule has 0 heterocycles. The number of sulfonamides is 1. The van der Waals surface area contributed by atoms with E-state index in [-0.39, 0.29) is 12.0 Å². The van der Waals surface area contributed by atoms with Gasteiger partial charge in [0.2, 0.25) is 10.0 Å². The average molecular weight is 337 g/mol. The summed E-state index contributed by atoms with van der Waals surface area (Å²) in [6, 6.07) is 5.27. The molecule has 0 bridgehead atoms. The lowest BCUT2D eigenvalue weighted by Crippen LogP contribution is -2.38. The van der Waals surface area contributed by atoms with Crippen LogP contribution in [0.2, 0.25) is 0 Å². The first-order valence-corrected chi connectivity index (χ1v) is 9.81. The number of carboxylic acids is 1. The normalized spacial score (nSPS) is 24.9. The molecule has 0 atom stereocenters. The largest absolute Gasteiger partial charge is 0.481 e. The van der Waals surface area contributed by atoms with E-state index >= 15 is 0 Å². The number of hydrogen-bond donors (Lipinski definition) is 2. The Bertz CT molecular complexity index is 691. The summed E-state index contributed by atoms with van der Waals surface area (Å²) in [6.45, 7) is 0. The second-order valence-corrected chi connectivity index (χ2v) is 8.36. The number of benzene rings is 1. The van der Waals surface area contributed by atoms with Gasteiger partial charge in [-0.15, -0.1) is 0 Å². The molecular weight excluding hydrogens is 314 g/mol. The second-order valence-electron chi connectivity index (χ2n) is 6.65. The number of carboxylic acid groups (broad SMARTS) is 1. The maximum atomic E-state index is 12.6. The predicted octanol–water partition coefficient (Wildman–Crippen LogP) is 2.49. The van der Waals surface area contributed by atoms with Crippen LogP contribution in [0.1, 0.15) is 49.7 Å². The van der Waals surface area contributed by atoms with Gasteiger partial charge in [0, 0.05) is 6.04 Å². The van der Waals surface area contributed by atoms with Gasteiger partial charge in [0.15, 0.2) is 0 Å². The molecule has 23 heavy (non-hydrogen) atoms. The van der Waals surface area contributed by atoms with Crippen LogP contribution in [-0.2, 0) is 27.7 Å². The molecule has 2 aliphatic rings. The van der Waals surface area contributed by atoms with Crippen LogP contribution in [0, 0.1) is 5.92 Å². The number of fused-ring (bicyclic) bond motifs is 1. The van der Waals surface area contributed by atoms with Crippen molar-refractivity contribution < 1.29 is 18.3 Å². The third-order valence-electron chi connectivity index (χ3n) is 5.03. The van der Waals surface area contributed by atoms with Crippen LogP contribution < -0.4 is 4.72 Å². The number of carbonyl (C=O) groups is 1. The topological polar surface area (TPSA) is 83.5 Å². The number of aryl methyl sites for hydroxylation is 2. The zero-order valence-corrected chi connectivity index (χ0v) is 13.9. The number of nitrogens with one attached hydrogen (secondary N) is 1. The average Bonchev–Trinajstić information content (AvgIpc) is 2.54. The van der Waals surface area contributed by atoms with E-state index in [1.165, 1.54) is 12.0 Å². The molecule has 1 aromatic carbocycles. The number of aliphatic carboxylic acids is 1. The number of hydrogen-bond acceptors (Lipinski definition) is 3. The fourth-order valence-electron chi connectivity index (χ4n) is 3.62. The van der Waals surface area contributed by atoms with Gasteiger partial charge in [-0.3, -0.25) is 4.79 Å². The Balaban J connectivity index is 1.69. The molecule has 2 N–H and O–H groups in total. The zero-order valence-electron chi connectivity index (χ0n) is 13.1. The first-order valence-electron chi connectivity index (χ1n) is 8.32. The van der Waals surface area contributed by atoms with Crippen LogP contribution in [0.3, 0.4) is 0 Å². The van der Waals surface area contributed by atoms with Crippen molar-refractivity contribution >= 4 is 16.0 Å². The fraction of sp³-hybridized carbons (Fsp3) is 0.588. The predicted molar refractivity (Wildman–Crippen MR) is 86.8 cm³/mol. The quantitative estimate of drug-likeness (QED) is 0.884. The van der Waals surface area contributed by atoms with E-state index in [0.717, 1.165) is 24.8 Å². The second kappa shape index (κ2) is 6.61. The molecule has 1 fully saturated rings. The van der Waals surface area contributed by atoms with Crippen LogP contribution in [0.5, 0.6) is 0 Å². The summed E-state index contributed by atoms with van der Waals surface area (Å²) in [5, 5.41) is 9.01. The van der Waals surface area contributed by atoms with Crippen molar-refractivity contribution in [3.63, 3.8) is 0 Å². The van der Waals surface area contributed by atoms with E-state index in [0.29, 0.717) is 30.6 Å². The Hall–Kier alpha value is -1.40. The Morgan fingerprint density at radius 3 is 2.35 bits per heavy atom. The third-order valence-corrected chi connectivity index (χ3v) is 6.55. The van der Waals surface area contributed by atoms with E-state index < -0.39 is 16.0 Å². The minimum atomic E-state index is -3.53.